The van der Waals surface area contributed by atoms with Crippen LogP contribution in [0.3, 0.4) is 0 Å². The molecule has 0 bridgehead atoms. The zero-order valence-corrected chi connectivity index (χ0v) is 13.8. The van der Waals surface area contributed by atoms with Crippen LogP contribution in [0.2, 0.25) is 0 Å². The Morgan fingerprint density at radius 1 is 1.35 bits per heavy atom. The summed E-state index contributed by atoms with van der Waals surface area (Å²) in [5, 5.41) is 8.48. The van der Waals surface area contributed by atoms with E-state index in [0.29, 0.717) is 31.1 Å². The van der Waals surface area contributed by atoms with E-state index in [1.54, 1.807) is 12.1 Å². The summed E-state index contributed by atoms with van der Waals surface area (Å²) < 4.78 is 5.64. The van der Waals surface area contributed by atoms with E-state index in [1.165, 1.54) is 6.20 Å². The van der Waals surface area contributed by atoms with Crippen molar-refractivity contribution in [3.05, 3.63) is 24.0 Å². The summed E-state index contributed by atoms with van der Waals surface area (Å²) in [7, 11) is 1.81. The van der Waals surface area contributed by atoms with Gasteiger partial charge in [-0.25, -0.2) is 0 Å². The zero-order valence-electron chi connectivity index (χ0n) is 13.8. The molecule has 2 rings (SSSR count). The number of carbonyl (C=O) groups excluding carboxylic acids is 2. The van der Waals surface area contributed by atoms with Crippen LogP contribution in [-0.2, 0) is 9.53 Å². The third kappa shape index (κ3) is 4.74. The van der Waals surface area contributed by atoms with E-state index in [2.05, 4.69) is 27.9 Å². The lowest BCUT2D eigenvalue weighted by molar-refractivity contribution is -0.126. The van der Waals surface area contributed by atoms with E-state index < -0.39 is 6.10 Å². The molecule has 2 amide bonds. The minimum Gasteiger partial charge on any atom is -0.365 e. The highest BCUT2D eigenvalue weighted by Crippen LogP contribution is 2.26. The maximum Gasteiger partial charge on any atom is 0.269 e. The van der Waals surface area contributed by atoms with E-state index in [0.717, 1.165) is 0 Å². The van der Waals surface area contributed by atoms with Crippen molar-refractivity contribution in [3.63, 3.8) is 0 Å². The molecule has 3 unspecified atom stereocenters. The van der Waals surface area contributed by atoms with Gasteiger partial charge in [0.2, 0.25) is 0 Å². The van der Waals surface area contributed by atoms with Crippen molar-refractivity contribution < 1.29 is 14.3 Å². The Balaban J connectivity index is 1.94. The summed E-state index contributed by atoms with van der Waals surface area (Å²) in [6, 6.07) is 3.22. The number of rotatable bonds is 6. The lowest BCUT2D eigenvalue weighted by atomic mass is 10.0. The Morgan fingerprint density at radius 3 is 2.78 bits per heavy atom. The molecular formula is C16H24N4O3. The van der Waals surface area contributed by atoms with E-state index in [1.807, 2.05) is 14.0 Å². The smallest absolute Gasteiger partial charge is 0.269 e. The van der Waals surface area contributed by atoms with Crippen molar-refractivity contribution in [2.24, 2.45) is 5.92 Å². The van der Waals surface area contributed by atoms with Gasteiger partial charge in [-0.1, -0.05) is 6.92 Å². The van der Waals surface area contributed by atoms with Crippen LogP contribution < -0.4 is 16.0 Å². The van der Waals surface area contributed by atoms with Gasteiger partial charge in [-0.05, 0) is 38.4 Å². The van der Waals surface area contributed by atoms with Crippen molar-refractivity contribution >= 4 is 17.5 Å². The highest BCUT2D eigenvalue weighted by molar-refractivity contribution is 5.97. The van der Waals surface area contributed by atoms with Gasteiger partial charge in [0.15, 0.2) is 0 Å². The molecule has 2 heterocycles. The van der Waals surface area contributed by atoms with E-state index in [-0.39, 0.29) is 23.6 Å². The fourth-order valence-corrected chi connectivity index (χ4v) is 2.39. The Morgan fingerprint density at radius 2 is 2.13 bits per heavy atom. The molecule has 0 spiro atoms. The Bertz CT molecular complexity index is 554. The van der Waals surface area contributed by atoms with Crippen LogP contribution in [-0.4, -0.2) is 49.1 Å². The molecule has 23 heavy (non-hydrogen) atoms. The van der Waals surface area contributed by atoms with Crippen LogP contribution in [0.5, 0.6) is 0 Å². The fourth-order valence-electron chi connectivity index (χ4n) is 2.39. The largest absolute Gasteiger partial charge is 0.365 e. The summed E-state index contributed by atoms with van der Waals surface area (Å²) in [4.78, 5) is 28.2. The topological polar surface area (TPSA) is 92.3 Å². The minimum atomic E-state index is -0.443. The van der Waals surface area contributed by atoms with Gasteiger partial charge in [-0.2, -0.15) is 0 Å². The molecule has 0 aliphatic carbocycles. The average molecular weight is 320 g/mol. The third-order valence-corrected chi connectivity index (χ3v) is 3.98. The number of ether oxygens (including phenoxy) is 1. The molecule has 1 aliphatic rings. The number of pyridine rings is 1. The number of carbonyl (C=O) groups is 2. The highest BCUT2D eigenvalue weighted by Gasteiger charge is 2.33. The maximum absolute atomic E-state index is 12.2. The molecule has 7 heteroatoms. The Labute approximate surface area is 136 Å². The number of likely N-dealkylation sites (N-methyl/N-ethyl adjacent to an activating group) is 1. The van der Waals surface area contributed by atoms with E-state index in [4.69, 9.17) is 4.74 Å². The second kappa shape index (κ2) is 8.03. The van der Waals surface area contributed by atoms with Gasteiger partial charge in [-0.15, -0.1) is 0 Å². The van der Waals surface area contributed by atoms with Gasteiger partial charge in [0, 0.05) is 25.0 Å². The summed E-state index contributed by atoms with van der Waals surface area (Å²) in [5.41, 5.74) is 0.813. The molecular weight excluding hydrogens is 296 g/mol. The summed E-state index contributed by atoms with van der Waals surface area (Å²) in [5.74, 6) is -0.0960. The van der Waals surface area contributed by atoms with Crippen LogP contribution in [0.15, 0.2) is 18.3 Å². The number of hydrogen-bond donors (Lipinski definition) is 3. The zero-order chi connectivity index (χ0) is 16.8. The second-order valence-corrected chi connectivity index (χ2v) is 5.82. The lowest BCUT2D eigenvalue weighted by Crippen LogP contribution is -2.31. The van der Waals surface area contributed by atoms with E-state index >= 15 is 0 Å². The predicted molar refractivity (Wildman–Crippen MR) is 87.2 cm³/mol. The first kappa shape index (κ1) is 17.4. The van der Waals surface area contributed by atoms with Crippen molar-refractivity contribution in [1.82, 2.24) is 15.6 Å². The molecule has 0 saturated carbocycles. The number of aromatic nitrogens is 1. The van der Waals surface area contributed by atoms with Crippen LogP contribution in [0.25, 0.3) is 0 Å². The summed E-state index contributed by atoms with van der Waals surface area (Å²) >= 11 is 0. The molecule has 0 radical (unpaired) electrons. The third-order valence-electron chi connectivity index (χ3n) is 3.98. The summed E-state index contributed by atoms with van der Waals surface area (Å²) in [6.45, 7) is 5.23. The van der Waals surface area contributed by atoms with Gasteiger partial charge in [0.1, 0.15) is 11.8 Å². The van der Waals surface area contributed by atoms with Gasteiger partial charge >= 0.3 is 0 Å². The number of nitrogens with one attached hydrogen (secondary N) is 3. The van der Waals surface area contributed by atoms with Crippen molar-refractivity contribution in [2.45, 2.75) is 32.5 Å². The quantitative estimate of drug-likeness (QED) is 0.674. The molecule has 1 aliphatic heterocycles. The molecule has 3 atom stereocenters. The Hall–Kier alpha value is -1.99. The maximum atomic E-state index is 12.2. The summed E-state index contributed by atoms with van der Waals surface area (Å²) in [6.07, 6.45) is 1.84. The molecule has 1 aromatic rings. The molecule has 126 valence electrons. The number of hydrogen-bond acceptors (Lipinski definition) is 5. The van der Waals surface area contributed by atoms with Crippen molar-refractivity contribution in [1.29, 1.82) is 0 Å². The van der Waals surface area contributed by atoms with Gasteiger partial charge in [0.25, 0.3) is 11.8 Å². The van der Waals surface area contributed by atoms with Crippen LogP contribution in [0.4, 0.5) is 5.69 Å². The molecule has 0 aromatic carbocycles. The lowest BCUT2D eigenvalue weighted by Gasteiger charge is -2.12. The highest BCUT2D eigenvalue weighted by atomic mass is 16.5. The fraction of sp³-hybridized carbons (Fsp3) is 0.562. The first-order valence-corrected chi connectivity index (χ1v) is 7.86. The molecule has 3 N–H and O–H groups in total. The molecule has 1 fully saturated rings. The van der Waals surface area contributed by atoms with Crippen LogP contribution >= 0.6 is 0 Å². The monoisotopic (exact) mass is 320 g/mol. The number of anilines is 1. The first-order chi connectivity index (χ1) is 11.0. The normalized spacial score (nSPS) is 23.5. The standard InChI is InChI=1S/C16H24N4O3/c1-10-8-14(23-11(10)2)16(22)20-12-4-5-18-13(9-12)15(21)19-7-6-17-3/h4-5,9-11,14,17H,6-8H2,1-3H3,(H,19,21)(H,18,20,22). The first-order valence-electron chi connectivity index (χ1n) is 7.86. The van der Waals surface area contributed by atoms with Crippen LogP contribution in [0, 0.1) is 5.92 Å². The molecule has 7 nitrogen and oxygen atoms in total. The SMILES string of the molecule is CNCCNC(=O)c1cc(NC(=O)C2CC(C)C(C)O2)ccn1. The molecule has 1 aromatic heterocycles. The predicted octanol–water partition coefficient (Wildman–Crippen LogP) is 0.783. The average Bonchev–Trinajstić information content (AvgIpc) is 2.87. The number of nitrogens with zero attached hydrogens (tertiary/aromatic N) is 1. The van der Waals surface area contributed by atoms with Gasteiger partial charge < -0.3 is 20.7 Å². The minimum absolute atomic E-state index is 0.0803. The van der Waals surface area contributed by atoms with Crippen molar-refractivity contribution in [2.75, 3.05) is 25.5 Å². The van der Waals surface area contributed by atoms with Gasteiger partial charge in [-0.3, -0.25) is 14.6 Å². The second-order valence-electron chi connectivity index (χ2n) is 5.82. The van der Waals surface area contributed by atoms with Crippen LogP contribution in [0.1, 0.15) is 30.8 Å². The van der Waals surface area contributed by atoms with E-state index in [9.17, 15) is 9.59 Å². The van der Waals surface area contributed by atoms with Crippen molar-refractivity contribution in [3.8, 4) is 0 Å². The number of amides is 2. The van der Waals surface area contributed by atoms with Gasteiger partial charge in [0.05, 0.1) is 6.10 Å². The Kier molecular flexibility index (Phi) is 6.06. The molecule has 1 saturated heterocycles.